The van der Waals surface area contributed by atoms with E-state index in [2.05, 4.69) is 21.7 Å². The van der Waals surface area contributed by atoms with Crippen molar-refractivity contribution >= 4 is 5.91 Å². The summed E-state index contributed by atoms with van der Waals surface area (Å²) in [6, 6.07) is 14.3. The van der Waals surface area contributed by atoms with E-state index in [9.17, 15) is 4.79 Å². The molecule has 1 aliphatic rings. The van der Waals surface area contributed by atoms with Crippen molar-refractivity contribution in [2.24, 2.45) is 0 Å². The molecule has 0 bridgehead atoms. The van der Waals surface area contributed by atoms with Crippen LogP contribution in [-0.4, -0.2) is 38.4 Å². The second kappa shape index (κ2) is 7.52. The third-order valence-electron chi connectivity index (χ3n) is 4.84. The second-order valence-corrected chi connectivity index (χ2v) is 6.57. The summed E-state index contributed by atoms with van der Waals surface area (Å²) in [6.45, 7) is 2.55. The Balaban J connectivity index is 1.60. The van der Waals surface area contributed by atoms with Gasteiger partial charge >= 0.3 is 0 Å². The predicted octanol–water partition coefficient (Wildman–Crippen LogP) is 3.62. The van der Waals surface area contributed by atoms with Crippen molar-refractivity contribution in [3.8, 4) is 22.5 Å². The van der Waals surface area contributed by atoms with Gasteiger partial charge in [0.1, 0.15) is 0 Å². The molecule has 0 spiro atoms. The van der Waals surface area contributed by atoms with Crippen LogP contribution >= 0.6 is 0 Å². The summed E-state index contributed by atoms with van der Waals surface area (Å²) in [6.07, 6.45) is 8.14. The first-order valence-electron chi connectivity index (χ1n) is 9.11. The number of imidazole rings is 1. The third kappa shape index (κ3) is 3.38. The lowest BCUT2D eigenvalue weighted by Gasteiger charge is -2.16. The Labute approximate surface area is 153 Å². The molecule has 1 fully saturated rings. The average molecular weight is 346 g/mol. The molecule has 4 rings (SSSR count). The van der Waals surface area contributed by atoms with Crippen LogP contribution in [0.2, 0.25) is 0 Å². The molecule has 5 nitrogen and oxygen atoms in total. The van der Waals surface area contributed by atoms with Gasteiger partial charge in [-0.05, 0) is 25.0 Å². The van der Waals surface area contributed by atoms with Gasteiger partial charge in [0.2, 0.25) is 5.91 Å². The van der Waals surface area contributed by atoms with Gasteiger partial charge in [-0.2, -0.15) is 0 Å². The Morgan fingerprint density at radius 2 is 1.77 bits per heavy atom. The Morgan fingerprint density at radius 1 is 0.962 bits per heavy atom. The molecule has 1 amide bonds. The van der Waals surface area contributed by atoms with Gasteiger partial charge in [0.05, 0.1) is 17.7 Å². The number of nitrogens with zero attached hydrogens (tertiary/aromatic N) is 4. The number of hydrogen-bond acceptors (Lipinski definition) is 3. The van der Waals surface area contributed by atoms with Gasteiger partial charge in [0.15, 0.2) is 0 Å². The molecule has 3 aromatic rings. The summed E-state index contributed by atoms with van der Waals surface area (Å²) in [5.41, 5.74) is 4.29. The van der Waals surface area contributed by atoms with Crippen molar-refractivity contribution in [1.29, 1.82) is 0 Å². The smallest absolute Gasteiger partial charge is 0.222 e. The lowest BCUT2D eigenvalue weighted by molar-refractivity contribution is -0.127. The number of hydrogen-bond donors (Lipinski definition) is 0. The normalized spacial score (nSPS) is 14.2. The summed E-state index contributed by atoms with van der Waals surface area (Å²) in [5, 5.41) is 0. The topological polar surface area (TPSA) is 51.0 Å². The monoisotopic (exact) mass is 346 g/mol. The Morgan fingerprint density at radius 3 is 2.50 bits per heavy atom. The van der Waals surface area contributed by atoms with Crippen LogP contribution in [0.25, 0.3) is 22.5 Å². The van der Waals surface area contributed by atoms with Crippen molar-refractivity contribution in [2.45, 2.75) is 25.8 Å². The van der Waals surface area contributed by atoms with Crippen molar-refractivity contribution in [3.63, 3.8) is 0 Å². The van der Waals surface area contributed by atoms with Crippen molar-refractivity contribution in [3.05, 3.63) is 61.2 Å². The molecular formula is C21H22N4O. The molecule has 1 aromatic carbocycles. The largest absolute Gasteiger partial charge is 0.343 e. The van der Waals surface area contributed by atoms with Gasteiger partial charge in [-0.25, -0.2) is 4.98 Å². The predicted molar refractivity (Wildman–Crippen MR) is 101 cm³/mol. The number of likely N-dealkylation sites (tertiary alicyclic amines) is 1. The van der Waals surface area contributed by atoms with Crippen molar-refractivity contribution in [1.82, 2.24) is 19.4 Å². The molecule has 3 heterocycles. The van der Waals surface area contributed by atoms with Crippen LogP contribution in [0.3, 0.4) is 0 Å². The van der Waals surface area contributed by atoms with E-state index in [0.717, 1.165) is 55.0 Å². The maximum atomic E-state index is 11.8. The average Bonchev–Trinajstić information content (AvgIpc) is 3.30. The van der Waals surface area contributed by atoms with Crippen LogP contribution in [0.15, 0.2) is 61.2 Å². The quantitative estimate of drug-likeness (QED) is 0.685. The number of amides is 1. The van der Waals surface area contributed by atoms with Crippen LogP contribution < -0.4 is 0 Å². The van der Waals surface area contributed by atoms with Crippen LogP contribution in [0, 0.1) is 0 Å². The number of aromatic nitrogens is 3. The summed E-state index contributed by atoms with van der Waals surface area (Å²) in [4.78, 5) is 22.6. The van der Waals surface area contributed by atoms with Gasteiger partial charge in [-0.1, -0.05) is 30.3 Å². The molecule has 0 atom stereocenters. The van der Waals surface area contributed by atoms with Crippen LogP contribution in [0.4, 0.5) is 0 Å². The van der Waals surface area contributed by atoms with E-state index in [1.54, 1.807) is 0 Å². The fraction of sp³-hybridized carbons (Fsp3) is 0.286. The zero-order valence-corrected chi connectivity index (χ0v) is 14.7. The molecular weight excluding hydrogens is 324 g/mol. The molecule has 0 N–H and O–H groups in total. The maximum absolute atomic E-state index is 11.8. The highest BCUT2D eigenvalue weighted by Crippen LogP contribution is 2.31. The highest BCUT2D eigenvalue weighted by Gasteiger charge is 2.20. The first-order valence-corrected chi connectivity index (χ1v) is 9.11. The Kier molecular flexibility index (Phi) is 4.78. The van der Waals surface area contributed by atoms with Crippen LogP contribution in [-0.2, 0) is 11.3 Å². The fourth-order valence-electron chi connectivity index (χ4n) is 3.54. The molecule has 0 radical (unpaired) electrons. The first-order chi connectivity index (χ1) is 12.8. The Hall–Kier alpha value is -2.95. The molecule has 0 saturated carbocycles. The van der Waals surface area contributed by atoms with E-state index in [1.165, 1.54) is 0 Å². The highest BCUT2D eigenvalue weighted by atomic mass is 16.2. The molecule has 5 heteroatoms. The van der Waals surface area contributed by atoms with Gasteiger partial charge in [0.25, 0.3) is 0 Å². The lowest BCUT2D eigenvalue weighted by atomic mass is 10.1. The minimum absolute atomic E-state index is 0.287. The van der Waals surface area contributed by atoms with E-state index in [0.29, 0.717) is 6.42 Å². The van der Waals surface area contributed by atoms with Crippen molar-refractivity contribution < 1.29 is 4.79 Å². The minimum Gasteiger partial charge on any atom is -0.343 e. The highest BCUT2D eigenvalue weighted by molar-refractivity contribution is 5.78. The third-order valence-corrected chi connectivity index (χ3v) is 4.84. The lowest BCUT2D eigenvalue weighted by Crippen LogP contribution is -2.26. The van der Waals surface area contributed by atoms with Gasteiger partial charge in [0, 0.05) is 49.6 Å². The fourth-order valence-corrected chi connectivity index (χ4v) is 3.54. The summed E-state index contributed by atoms with van der Waals surface area (Å²) < 4.78 is 2.19. The number of carbonyl (C=O) groups is 1. The number of carbonyl (C=O) groups excluding carboxylic acids is 1. The van der Waals surface area contributed by atoms with Crippen molar-refractivity contribution in [2.75, 3.05) is 13.1 Å². The molecule has 1 saturated heterocycles. The number of pyridine rings is 1. The van der Waals surface area contributed by atoms with E-state index in [-0.39, 0.29) is 5.91 Å². The molecule has 1 aliphatic heterocycles. The number of aryl methyl sites for hydroxylation is 1. The zero-order valence-electron chi connectivity index (χ0n) is 14.7. The van der Waals surface area contributed by atoms with Crippen LogP contribution in [0.5, 0.6) is 0 Å². The van der Waals surface area contributed by atoms with E-state index in [4.69, 9.17) is 4.98 Å². The first kappa shape index (κ1) is 16.5. The molecule has 2 aromatic heterocycles. The molecule has 26 heavy (non-hydrogen) atoms. The second-order valence-electron chi connectivity index (χ2n) is 6.57. The van der Waals surface area contributed by atoms with Gasteiger partial charge in [-0.15, -0.1) is 0 Å². The van der Waals surface area contributed by atoms with Crippen LogP contribution in [0.1, 0.15) is 19.3 Å². The Bertz CT molecular complexity index is 874. The maximum Gasteiger partial charge on any atom is 0.222 e. The minimum atomic E-state index is 0.287. The molecule has 132 valence electrons. The number of rotatable bonds is 6. The summed E-state index contributed by atoms with van der Waals surface area (Å²) in [5.74, 6) is 0.287. The SMILES string of the molecule is O=C1CCCN1CCCn1cnc(-c2ccccc2)c1-c1ccncc1. The molecule has 0 unspecified atom stereocenters. The van der Waals surface area contributed by atoms with E-state index < -0.39 is 0 Å². The van der Waals surface area contributed by atoms with E-state index in [1.807, 2.05) is 54.0 Å². The standard InChI is InChI=1S/C21H22N4O/c26-19-8-4-13-24(19)14-5-15-25-16-23-20(17-6-2-1-3-7-17)21(25)18-9-11-22-12-10-18/h1-3,6-7,9-12,16H,4-5,8,13-15H2. The van der Waals surface area contributed by atoms with Gasteiger partial charge < -0.3 is 9.47 Å². The number of benzene rings is 1. The molecule has 0 aliphatic carbocycles. The van der Waals surface area contributed by atoms with E-state index >= 15 is 0 Å². The summed E-state index contributed by atoms with van der Waals surface area (Å²) in [7, 11) is 0. The zero-order chi connectivity index (χ0) is 17.8. The van der Waals surface area contributed by atoms with Gasteiger partial charge in [-0.3, -0.25) is 9.78 Å². The summed E-state index contributed by atoms with van der Waals surface area (Å²) >= 11 is 0.